The normalized spacial score (nSPS) is 26.2. The molecule has 88 valence electrons. The molecule has 0 radical (unpaired) electrons. The van der Waals surface area contributed by atoms with Crippen LogP contribution in [-0.4, -0.2) is 40.7 Å². The van der Waals surface area contributed by atoms with Gasteiger partial charge >= 0.3 is 0 Å². The number of methoxy groups -OCH3 is 1. The summed E-state index contributed by atoms with van der Waals surface area (Å²) in [6.07, 6.45) is 4.91. The molecule has 0 amide bonds. The summed E-state index contributed by atoms with van der Waals surface area (Å²) >= 11 is 0. The van der Waals surface area contributed by atoms with Gasteiger partial charge < -0.3 is 4.74 Å². The van der Waals surface area contributed by atoms with Crippen LogP contribution in [0.15, 0.2) is 12.4 Å². The van der Waals surface area contributed by atoms with E-state index in [2.05, 4.69) is 21.8 Å². The molecule has 2 rings (SSSR count). The Kier molecular flexibility index (Phi) is 3.21. The van der Waals surface area contributed by atoms with E-state index in [-0.39, 0.29) is 5.60 Å². The second-order valence-electron chi connectivity index (χ2n) is 4.75. The van der Waals surface area contributed by atoms with Crippen LogP contribution in [0.1, 0.15) is 24.7 Å². The van der Waals surface area contributed by atoms with Crippen LogP contribution in [0.25, 0.3) is 0 Å². The van der Waals surface area contributed by atoms with Crippen LogP contribution in [0, 0.1) is 6.92 Å². The molecule has 2 heterocycles. The van der Waals surface area contributed by atoms with E-state index in [9.17, 15) is 0 Å². The highest BCUT2D eigenvalue weighted by Gasteiger charge is 2.33. The van der Waals surface area contributed by atoms with Gasteiger partial charge in [0.25, 0.3) is 0 Å². The van der Waals surface area contributed by atoms with Crippen LogP contribution in [0.3, 0.4) is 0 Å². The van der Waals surface area contributed by atoms with Crippen LogP contribution >= 0.6 is 0 Å². The van der Waals surface area contributed by atoms with Gasteiger partial charge in [-0.1, -0.05) is 0 Å². The highest BCUT2D eigenvalue weighted by atomic mass is 16.5. The first-order valence-electron chi connectivity index (χ1n) is 5.66. The third-order valence-corrected chi connectivity index (χ3v) is 3.25. The largest absolute Gasteiger partial charge is 0.377 e. The van der Waals surface area contributed by atoms with Crippen molar-refractivity contribution in [3.63, 3.8) is 0 Å². The fourth-order valence-electron chi connectivity index (χ4n) is 2.09. The fraction of sp³-hybridized carbons (Fsp3) is 0.667. The average Bonchev–Trinajstić information content (AvgIpc) is 2.65. The van der Waals surface area contributed by atoms with Gasteiger partial charge in [0, 0.05) is 44.7 Å². The molecule has 0 saturated carbocycles. The topological polar surface area (TPSA) is 38.2 Å². The Balaban J connectivity index is 1.94. The lowest BCUT2D eigenvalue weighted by Crippen LogP contribution is -2.31. The van der Waals surface area contributed by atoms with Gasteiger partial charge in [-0.15, -0.1) is 0 Å². The summed E-state index contributed by atoms with van der Waals surface area (Å²) in [6.45, 7) is 7.05. The first-order chi connectivity index (χ1) is 7.61. The molecule has 1 atom stereocenters. The van der Waals surface area contributed by atoms with Crippen molar-refractivity contribution < 1.29 is 4.74 Å². The molecule has 1 saturated heterocycles. The van der Waals surface area contributed by atoms with E-state index in [4.69, 9.17) is 4.74 Å². The van der Waals surface area contributed by atoms with Gasteiger partial charge in [-0.3, -0.25) is 4.90 Å². The summed E-state index contributed by atoms with van der Waals surface area (Å²) in [5.74, 6) is 0.826. The van der Waals surface area contributed by atoms with Crippen molar-refractivity contribution in [2.45, 2.75) is 32.4 Å². The lowest BCUT2D eigenvalue weighted by molar-refractivity contribution is 0.0143. The summed E-state index contributed by atoms with van der Waals surface area (Å²) in [4.78, 5) is 10.8. The van der Waals surface area contributed by atoms with E-state index in [0.717, 1.165) is 31.9 Å². The molecule has 0 aliphatic carbocycles. The number of aryl methyl sites for hydroxylation is 1. The van der Waals surface area contributed by atoms with Crippen LogP contribution in [0.4, 0.5) is 0 Å². The Bertz CT molecular complexity index is 352. The standard InChI is InChI=1S/C12H19N3O/c1-10-13-6-11(7-14-10)8-15-5-4-12(2,9-15)16-3/h6-7H,4-5,8-9H2,1-3H3/t12-/m1/s1. The zero-order valence-corrected chi connectivity index (χ0v) is 10.2. The van der Waals surface area contributed by atoms with Crippen molar-refractivity contribution in [1.29, 1.82) is 0 Å². The second-order valence-corrected chi connectivity index (χ2v) is 4.75. The summed E-state index contributed by atoms with van der Waals surface area (Å²) in [5.41, 5.74) is 1.19. The number of nitrogens with zero attached hydrogens (tertiary/aromatic N) is 3. The highest BCUT2D eigenvalue weighted by Crippen LogP contribution is 2.24. The quantitative estimate of drug-likeness (QED) is 0.773. The molecule has 1 fully saturated rings. The summed E-state index contributed by atoms with van der Waals surface area (Å²) in [7, 11) is 1.79. The van der Waals surface area contributed by atoms with Crippen molar-refractivity contribution in [1.82, 2.24) is 14.9 Å². The molecule has 4 heteroatoms. The molecule has 4 nitrogen and oxygen atoms in total. The maximum atomic E-state index is 5.51. The predicted octanol–water partition coefficient (Wildman–Crippen LogP) is 1.40. The Morgan fingerprint density at radius 2 is 2.12 bits per heavy atom. The van der Waals surface area contributed by atoms with Crippen LogP contribution in [-0.2, 0) is 11.3 Å². The van der Waals surface area contributed by atoms with Gasteiger partial charge in [0.1, 0.15) is 5.82 Å². The Hall–Kier alpha value is -1.00. The molecule has 16 heavy (non-hydrogen) atoms. The number of hydrogen-bond acceptors (Lipinski definition) is 4. The maximum absolute atomic E-state index is 5.51. The number of ether oxygens (including phenoxy) is 1. The number of rotatable bonds is 3. The Labute approximate surface area is 96.7 Å². The molecule has 0 unspecified atom stereocenters. The lowest BCUT2D eigenvalue weighted by atomic mass is 10.1. The van der Waals surface area contributed by atoms with Gasteiger partial charge in [0.2, 0.25) is 0 Å². The van der Waals surface area contributed by atoms with Gasteiger partial charge in [-0.05, 0) is 20.3 Å². The Morgan fingerprint density at radius 3 is 2.69 bits per heavy atom. The van der Waals surface area contributed by atoms with E-state index in [1.165, 1.54) is 5.56 Å². The first kappa shape index (κ1) is 11.5. The van der Waals surface area contributed by atoms with E-state index < -0.39 is 0 Å². The van der Waals surface area contributed by atoms with Gasteiger partial charge in [-0.2, -0.15) is 0 Å². The minimum absolute atomic E-state index is 0.0194. The third-order valence-electron chi connectivity index (χ3n) is 3.25. The van der Waals surface area contributed by atoms with Crippen molar-refractivity contribution in [3.8, 4) is 0 Å². The van der Waals surface area contributed by atoms with E-state index >= 15 is 0 Å². The molecule has 1 aliphatic heterocycles. The summed E-state index contributed by atoms with van der Waals surface area (Å²) in [5, 5.41) is 0. The summed E-state index contributed by atoms with van der Waals surface area (Å²) in [6, 6.07) is 0. The van der Waals surface area contributed by atoms with Crippen LogP contribution < -0.4 is 0 Å². The second kappa shape index (κ2) is 4.47. The molecular weight excluding hydrogens is 202 g/mol. The molecule has 1 aromatic heterocycles. The molecule has 0 aromatic carbocycles. The van der Waals surface area contributed by atoms with Crippen molar-refractivity contribution in [2.24, 2.45) is 0 Å². The van der Waals surface area contributed by atoms with Crippen molar-refractivity contribution in [3.05, 3.63) is 23.8 Å². The minimum Gasteiger partial charge on any atom is -0.377 e. The van der Waals surface area contributed by atoms with Gasteiger partial charge in [0.15, 0.2) is 0 Å². The fourth-order valence-corrected chi connectivity index (χ4v) is 2.09. The molecule has 1 aliphatic rings. The minimum atomic E-state index is 0.0194. The van der Waals surface area contributed by atoms with Crippen molar-refractivity contribution in [2.75, 3.05) is 20.2 Å². The van der Waals surface area contributed by atoms with Crippen LogP contribution in [0.5, 0.6) is 0 Å². The van der Waals surface area contributed by atoms with E-state index in [1.54, 1.807) is 7.11 Å². The smallest absolute Gasteiger partial charge is 0.125 e. The summed E-state index contributed by atoms with van der Waals surface area (Å²) < 4.78 is 5.51. The van der Waals surface area contributed by atoms with E-state index in [1.807, 2.05) is 19.3 Å². The lowest BCUT2D eigenvalue weighted by Gasteiger charge is -2.22. The van der Waals surface area contributed by atoms with Crippen LogP contribution in [0.2, 0.25) is 0 Å². The third kappa shape index (κ3) is 2.57. The molecule has 1 aromatic rings. The van der Waals surface area contributed by atoms with Gasteiger partial charge in [-0.25, -0.2) is 9.97 Å². The SMILES string of the molecule is CO[C@]1(C)CCN(Cc2cnc(C)nc2)C1. The molecule has 0 spiro atoms. The first-order valence-corrected chi connectivity index (χ1v) is 5.66. The zero-order chi connectivity index (χ0) is 11.6. The number of hydrogen-bond donors (Lipinski definition) is 0. The molecular formula is C12H19N3O. The maximum Gasteiger partial charge on any atom is 0.125 e. The average molecular weight is 221 g/mol. The monoisotopic (exact) mass is 221 g/mol. The predicted molar refractivity (Wildman–Crippen MR) is 62.1 cm³/mol. The molecule has 0 N–H and O–H groups in total. The van der Waals surface area contributed by atoms with E-state index in [0.29, 0.717) is 0 Å². The number of aromatic nitrogens is 2. The van der Waals surface area contributed by atoms with Crippen molar-refractivity contribution >= 4 is 0 Å². The highest BCUT2D eigenvalue weighted by molar-refractivity contribution is 5.05. The Morgan fingerprint density at radius 1 is 1.44 bits per heavy atom. The van der Waals surface area contributed by atoms with Gasteiger partial charge in [0.05, 0.1) is 5.60 Å². The molecule has 0 bridgehead atoms. The zero-order valence-electron chi connectivity index (χ0n) is 10.2. The number of likely N-dealkylation sites (tertiary alicyclic amines) is 1.